The lowest BCUT2D eigenvalue weighted by molar-refractivity contribution is -0.142. The Hall–Kier alpha value is -3.30. The molecule has 168 valence electrons. The molecule has 2 heterocycles. The average molecular weight is 432 g/mol. The predicted molar refractivity (Wildman–Crippen MR) is 110 cm³/mol. The van der Waals surface area contributed by atoms with Gasteiger partial charge in [0.1, 0.15) is 18.4 Å². The molecule has 0 unspecified atom stereocenters. The lowest BCUT2D eigenvalue weighted by Gasteiger charge is -2.31. The molecule has 1 aromatic rings. The molecule has 3 atom stereocenters. The molecule has 1 saturated heterocycles. The Labute approximate surface area is 180 Å². The number of hydrogen-bond acceptors (Lipinski definition) is 6. The number of carbonyl (C=O) groups is 5. The number of carboxylic acid groups (broad SMARTS) is 1. The number of likely N-dealkylation sites (tertiary alicyclic amines) is 1. The first-order chi connectivity index (χ1) is 14.6. The number of carbonyl (C=O) groups excluding carboxylic acids is 4. The summed E-state index contributed by atoms with van der Waals surface area (Å²) in [5.41, 5.74) is 0.894. The highest BCUT2D eigenvalue weighted by Gasteiger charge is 2.39. The van der Waals surface area contributed by atoms with Gasteiger partial charge in [0.2, 0.25) is 11.8 Å². The van der Waals surface area contributed by atoms with Crippen LogP contribution in [0.5, 0.6) is 0 Å². The SMILES string of the molecule is Cc1ncccc1C(=O)N[C@H](C(=O)N1CCC[C@H]1C(=O)N[C@H](C=O)CC(=O)O)C(C)C. The standard InChI is InChI=1S/C21H28N4O6/c1-12(2)18(24-19(29)15-6-4-8-22-13(15)3)21(31)25-9-5-7-16(25)20(30)23-14(11-26)10-17(27)28/h4,6,8,11-12,14,16,18H,5,7,9-10H2,1-3H3,(H,23,30)(H,24,29)(H,27,28)/t14-,16-,18-/m0/s1. The lowest BCUT2D eigenvalue weighted by atomic mass is 10.0. The minimum Gasteiger partial charge on any atom is -0.481 e. The predicted octanol–water partition coefficient (Wildman–Crippen LogP) is 0.294. The van der Waals surface area contributed by atoms with E-state index >= 15 is 0 Å². The van der Waals surface area contributed by atoms with Crippen LogP contribution in [-0.2, 0) is 19.2 Å². The third-order valence-corrected chi connectivity index (χ3v) is 5.20. The third-order valence-electron chi connectivity index (χ3n) is 5.20. The minimum atomic E-state index is -1.22. The third kappa shape index (κ3) is 6.09. The van der Waals surface area contributed by atoms with Gasteiger partial charge in [0.15, 0.2) is 0 Å². The Morgan fingerprint density at radius 2 is 2.00 bits per heavy atom. The molecule has 2 rings (SSSR count). The van der Waals surface area contributed by atoms with Gasteiger partial charge in [0.25, 0.3) is 5.91 Å². The van der Waals surface area contributed by atoms with Gasteiger partial charge in [-0.2, -0.15) is 0 Å². The summed E-state index contributed by atoms with van der Waals surface area (Å²) in [6.45, 7) is 5.61. The van der Waals surface area contributed by atoms with Crippen LogP contribution in [-0.4, -0.2) is 69.6 Å². The first-order valence-electron chi connectivity index (χ1n) is 10.2. The zero-order valence-electron chi connectivity index (χ0n) is 17.8. The van der Waals surface area contributed by atoms with E-state index in [9.17, 15) is 24.0 Å². The van der Waals surface area contributed by atoms with E-state index in [1.807, 2.05) is 0 Å². The Bertz CT molecular complexity index is 856. The summed E-state index contributed by atoms with van der Waals surface area (Å²) in [4.78, 5) is 66.0. The number of aryl methyl sites for hydroxylation is 1. The van der Waals surface area contributed by atoms with Gasteiger partial charge >= 0.3 is 5.97 Å². The van der Waals surface area contributed by atoms with Crippen LogP contribution in [0.4, 0.5) is 0 Å². The van der Waals surface area contributed by atoms with Crippen LogP contribution in [0, 0.1) is 12.8 Å². The van der Waals surface area contributed by atoms with E-state index < -0.39 is 48.2 Å². The van der Waals surface area contributed by atoms with Gasteiger partial charge < -0.3 is 25.4 Å². The van der Waals surface area contributed by atoms with Gasteiger partial charge in [-0.15, -0.1) is 0 Å². The van der Waals surface area contributed by atoms with Gasteiger partial charge in [-0.1, -0.05) is 13.8 Å². The number of aromatic nitrogens is 1. The van der Waals surface area contributed by atoms with E-state index in [1.54, 1.807) is 39.1 Å². The van der Waals surface area contributed by atoms with Crippen molar-refractivity contribution in [2.45, 2.75) is 58.2 Å². The zero-order valence-corrected chi connectivity index (χ0v) is 17.8. The number of nitrogens with one attached hydrogen (secondary N) is 2. The Morgan fingerprint density at radius 3 is 2.58 bits per heavy atom. The number of carboxylic acids is 1. The second-order valence-electron chi connectivity index (χ2n) is 7.87. The van der Waals surface area contributed by atoms with Crippen LogP contribution >= 0.6 is 0 Å². The van der Waals surface area contributed by atoms with Gasteiger partial charge in [0, 0.05) is 18.4 Å². The second kappa shape index (κ2) is 10.6. The maximum Gasteiger partial charge on any atom is 0.305 e. The molecule has 31 heavy (non-hydrogen) atoms. The monoisotopic (exact) mass is 432 g/mol. The van der Waals surface area contributed by atoms with Crippen molar-refractivity contribution in [3.63, 3.8) is 0 Å². The highest BCUT2D eigenvalue weighted by Crippen LogP contribution is 2.21. The van der Waals surface area contributed by atoms with Crippen LogP contribution < -0.4 is 10.6 Å². The summed E-state index contributed by atoms with van der Waals surface area (Å²) in [5, 5.41) is 14.0. The van der Waals surface area contributed by atoms with Crippen molar-refractivity contribution in [1.29, 1.82) is 0 Å². The number of aldehydes is 1. The Balaban J connectivity index is 2.14. The fourth-order valence-corrected chi connectivity index (χ4v) is 3.54. The normalized spacial score (nSPS) is 17.7. The summed E-state index contributed by atoms with van der Waals surface area (Å²) in [7, 11) is 0. The van der Waals surface area contributed by atoms with E-state index in [0.29, 0.717) is 36.9 Å². The van der Waals surface area contributed by atoms with Crippen molar-refractivity contribution in [1.82, 2.24) is 20.5 Å². The molecule has 1 aliphatic rings. The maximum atomic E-state index is 13.2. The van der Waals surface area contributed by atoms with Crippen LogP contribution in [0.3, 0.4) is 0 Å². The van der Waals surface area contributed by atoms with Crippen LogP contribution in [0.2, 0.25) is 0 Å². The van der Waals surface area contributed by atoms with Gasteiger partial charge in [-0.25, -0.2) is 0 Å². The molecule has 10 nitrogen and oxygen atoms in total. The molecular weight excluding hydrogens is 404 g/mol. The Kier molecular flexibility index (Phi) is 8.23. The number of hydrogen-bond donors (Lipinski definition) is 3. The largest absolute Gasteiger partial charge is 0.481 e. The molecule has 1 aromatic heterocycles. The molecule has 0 aromatic carbocycles. The van der Waals surface area contributed by atoms with Gasteiger partial charge in [0.05, 0.1) is 18.0 Å². The number of nitrogens with zero attached hydrogens (tertiary/aromatic N) is 2. The molecule has 0 spiro atoms. The van der Waals surface area contributed by atoms with Crippen molar-refractivity contribution < 1.29 is 29.1 Å². The van der Waals surface area contributed by atoms with E-state index in [1.165, 1.54) is 4.90 Å². The molecule has 1 aliphatic heterocycles. The molecule has 3 amide bonds. The molecule has 0 saturated carbocycles. The summed E-state index contributed by atoms with van der Waals surface area (Å²) in [6.07, 6.45) is 2.36. The Morgan fingerprint density at radius 1 is 1.29 bits per heavy atom. The lowest BCUT2D eigenvalue weighted by Crippen LogP contribution is -2.56. The summed E-state index contributed by atoms with van der Waals surface area (Å²) < 4.78 is 0. The van der Waals surface area contributed by atoms with E-state index in [-0.39, 0.29) is 5.92 Å². The maximum absolute atomic E-state index is 13.2. The number of amides is 3. The van der Waals surface area contributed by atoms with Crippen molar-refractivity contribution in [3.05, 3.63) is 29.6 Å². The molecule has 0 radical (unpaired) electrons. The van der Waals surface area contributed by atoms with Crippen molar-refractivity contribution in [2.75, 3.05) is 6.54 Å². The summed E-state index contributed by atoms with van der Waals surface area (Å²) in [6, 6.07) is 0.392. The topological polar surface area (TPSA) is 146 Å². The molecule has 0 bridgehead atoms. The zero-order chi connectivity index (χ0) is 23.1. The molecule has 1 fully saturated rings. The fourth-order valence-electron chi connectivity index (χ4n) is 3.54. The van der Waals surface area contributed by atoms with Gasteiger partial charge in [-0.3, -0.25) is 24.2 Å². The van der Waals surface area contributed by atoms with Crippen molar-refractivity contribution in [2.24, 2.45) is 5.92 Å². The fraction of sp³-hybridized carbons (Fsp3) is 0.524. The number of pyridine rings is 1. The van der Waals surface area contributed by atoms with Crippen molar-refractivity contribution in [3.8, 4) is 0 Å². The average Bonchev–Trinajstić information content (AvgIpc) is 3.20. The highest BCUT2D eigenvalue weighted by molar-refractivity contribution is 5.99. The second-order valence-corrected chi connectivity index (χ2v) is 7.87. The van der Waals surface area contributed by atoms with Crippen LogP contribution in [0.25, 0.3) is 0 Å². The van der Waals surface area contributed by atoms with Crippen molar-refractivity contribution >= 4 is 30.0 Å². The minimum absolute atomic E-state index is 0.243. The first kappa shape index (κ1) is 24.0. The molecule has 10 heteroatoms. The van der Waals surface area contributed by atoms with E-state index in [0.717, 1.165) is 0 Å². The van der Waals surface area contributed by atoms with Crippen LogP contribution in [0.15, 0.2) is 18.3 Å². The van der Waals surface area contributed by atoms with Gasteiger partial charge in [-0.05, 0) is 37.8 Å². The molecule has 0 aliphatic carbocycles. The summed E-state index contributed by atoms with van der Waals surface area (Å²) in [5.74, 6) is -2.87. The number of rotatable bonds is 9. The first-order valence-corrected chi connectivity index (χ1v) is 10.2. The number of aliphatic carboxylic acids is 1. The van der Waals surface area contributed by atoms with Crippen LogP contribution in [0.1, 0.15) is 49.2 Å². The summed E-state index contributed by atoms with van der Waals surface area (Å²) >= 11 is 0. The molecule has 3 N–H and O–H groups in total. The highest BCUT2D eigenvalue weighted by atomic mass is 16.4. The van der Waals surface area contributed by atoms with E-state index in [4.69, 9.17) is 5.11 Å². The quantitative estimate of drug-likeness (QED) is 0.476. The molecular formula is C21H28N4O6. The van der Waals surface area contributed by atoms with E-state index in [2.05, 4.69) is 15.6 Å². The smallest absolute Gasteiger partial charge is 0.305 e.